The van der Waals surface area contributed by atoms with E-state index in [0.717, 1.165) is 44.2 Å². The fraction of sp³-hybridized carbons (Fsp3) is 0.588. The van der Waals surface area contributed by atoms with Crippen LogP contribution in [-0.2, 0) is 4.79 Å². The third kappa shape index (κ3) is 3.96. The van der Waals surface area contributed by atoms with Crippen molar-refractivity contribution in [2.75, 3.05) is 12.4 Å². The van der Waals surface area contributed by atoms with Crippen LogP contribution in [0.4, 0.5) is 11.4 Å². The second-order valence-corrected chi connectivity index (χ2v) is 6.63. The summed E-state index contributed by atoms with van der Waals surface area (Å²) in [5.74, 6) is 0.464. The zero-order chi connectivity index (χ0) is 17.1. The number of methoxy groups -OCH3 is 1. The number of nitrogens with zero attached hydrogens (tertiary/aromatic N) is 1. The Hall–Kier alpha value is -2.31. The predicted molar refractivity (Wildman–Crippen MR) is 90.2 cm³/mol. The van der Waals surface area contributed by atoms with Crippen molar-refractivity contribution in [3.8, 4) is 5.75 Å². The first kappa shape index (κ1) is 16.5. The number of anilines is 1. The lowest BCUT2D eigenvalue weighted by Gasteiger charge is -2.29. The van der Waals surface area contributed by atoms with Crippen molar-refractivity contribution in [2.24, 2.45) is 5.92 Å². The Balaban J connectivity index is 1.62. The summed E-state index contributed by atoms with van der Waals surface area (Å²) in [5.41, 5.74) is 0.735. The zero-order valence-electron chi connectivity index (χ0n) is 13.8. The zero-order valence-corrected chi connectivity index (χ0v) is 13.8. The van der Waals surface area contributed by atoms with Crippen LogP contribution in [-0.4, -0.2) is 30.0 Å². The topological polar surface area (TPSA) is 93.5 Å². The lowest BCUT2D eigenvalue weighted by molar-refractivity contribution is -0.385. The molecule has 3 rings (SSSR count). The molecule has 2 unspecified atom stereocenters. The van der Waals surface area contributed by atoms with E-state index in [2.05, 4.69) is 10.6 Å². The fourth-order valence-electron chi connectivity index (χ4n) is 3.26. The van der Waals surface area contributed by atoms with Crippen LogP contribution < -0.4 is 15.4 Å². The van der Waals surface area contributed by atoms with Crippen molar-refractivity contribution in [1.29, 1.82) is 0 Å². The SMILES string of the molecule is COc1cc(NC2CCCC(C(=O)NC3CC3)C2)ccc1[N+](=O)[O-]. The average molecular weight is 333 g/mol. The number of nitro benzene ring substituents is 1. The molecule has 130 valence electrons. The molecular weight excluding hydrogens is 310 g/mol. The van der Waals surface area contributed by atoms with Gasteiger partial charge in [0.2, 0.25) is 5.91 Å². The van der Waals surface area contributed by atoms with E-state index in [1.165, 1.54) is 13.2 Å². The van der Waals surface area contributed by atoms with Gasteiger partial charge in [0.25, 0.3) is 0 Å². The van der Waals surface area contributed by atoms with Crippen molar-refractivity contribution in [1.82, 2.24) is 5.32 Å². The summed E-state index contributed by atoms with van der Waals surface area (Å²) in [6.45, 7) is 0. The van der Waals surface area contributed by atoms with Crippen LogP contribution in [0.2, 0.25) is 0 Å². The van der Waals surface area contributed by atoms with E-state index in [4.69, 9.17) is 4.74 Å². The minimum Gasteiger partial charge on any atom is -0.490 e. The van der Waals surface area contributed by atoms with Gasteiger partial charge < -0.3 is 15.4 Å². The van der Waals surface area contributed by atoms with Crippen LogP contribution in [0.5, 0.6) is 5.75 Å². The maximum Gasteiger partial charge on any atom is 0.311 e. The lowest BCUT2D eigenvalue weighted by atomic mass is 9.85. The number of benzene rings is 1. The number of carbonyl (C=O) groups is 1. The third-order valence-electron chi connectivity index (χ3n) is 4.72. The summed E-state index contributed by atoms with van der Waals surface area (Å²) >= 11 is 0. The highest BCUT2D eigenvalue weighted by molar-refractivity contribution is 5.79. The summed E-state index contributed by atoms with van der Waals surface area (Å²) in [6, 6.07) is 5.37. The minimum absolute atomic E-state index is 0.0478. The Morgan fingerprint density at radius 2 is 2.04 bits per heavy atom. The normalized spacial score (nSPS) is 23.4. The molecule has 24 heavy (non-hydrogen) atoms. The summed E-state index contributed by atoms with van der Waals surface area (Å²) in [5, 5.41) is 17.4. The monoisotopic (exact) mass is 333 g/mol. The van der Waals surface area contributed by atoms with E-state index < -0.39 is 4.92 Å². The minimum atomic E-state index is -0.457. The molecule has 0 bridgehead atoms. The quantitative estimate of drug-likeness (QED) is 0.617. The van der Waals surface area contributed by atoms with Crippen LogP contribution in [0, 0.1) is 16.0 Å². The molecular formula is C17H23N3O4. The van der Waals surface area contributed by atoms with Crippen molar-refractivity contribution in [2.45, 2.75) is 50.6 Å². The van der Waals surface area contributed by atoms with Gasteiger partial charge in [0.1, 0.15) is 0 Å². The molecule has 0 aromatic heterocycles. The Morgan fingerprint density at radius 3 is 2.71 bits per heavy atom. The van der Waals surface area contributed by atoms with Crippen LogP contribution in [0.3, 0.4) is 0 Å². The number of carbonyl (C=O) groups excluding carboxylic acids is 1. The summed E-state index contributed by atoms with van der Waals surface area (Å²) < 4.78 is 5.10. The number of nitro groups is 1. The van der Waals surface area contributed by atoms with Gasteiger partial charge >= 0.3 is 5.69 Å². The second kappa shape index (κ2) is 7.07. The fourth-order valence-corrected chi connectivity index (χ4v) is 3.26. The van der Waals surface area contributed by atoms with E-state index in [1.54, 1.807) is 12.1 Å². The van der Waals surface area contributed by atoms with Crippen LogP contribution in [0.25, 0.3) is 0 Å². The number of amides is 1. The number of ether oxygens (including phenoxy) is 1. The van der Waals surface area contributed by atoms with E-state index in [-0.39, 0.29) is 29.3 Å². The molecule has 0 aliphatic heterocycles. The van der Waals surface area contributed by atoms with Gasteiger partial charge in [-0.2, -0.15) is 0 Å². The van der Waals surface area contributed by atoms with Crippen molar-refractivity contribution >= 4 is 17.3 Å². The molecule has 7 heteroatoms. The number of nitrogens with one attached hydrogen (secondary N) is 2. The Kier molecular flexibility index (Phi) is 4.87. The first-order chi connectivity index (χ1) is 11.6. The maximum atomic E-state index is 12.2. The molecule has 1 aromatic carbocycles. The van der Waals surface area contributed by atoms with E-state index in [0.29, 0.717) is 6.04 Å². The standard InChI is InChI=1S/C17H23N3O4/c1-24-16-10-14(7-8-15(16)20(22)23)18-13-4-2-3-11(9-13)17(21)19-12-5-6-12/h7-8,10-13,18H,2-6,9H2,1H3,(H,19,21). The van der Waals surface area contributed by atoms with Gasteiger partial charge in [-0.25, -0.2) is 0 Å². The van der Waals surface area contributed by atoms with Gasteiger partial charge in [0.15, 0.2) is 5.75 Å². The van der Waals surface area contributed by atoms with Gasteiger partial charge in [-0.1, -0.05) is 6.42 Å². The van der Waals surface area contributed by atoms with Crippen molar-refractivity contribution < 1.29 is 14.5 Å². The molecule has 2 N–H and O–H groups in total. The molecule has 0 saturated heterocycles. The van der Waals surface area contributed by atoms with Gasteiger partial charge in [0, 0.05) is 35.8 Å². The Labute approximate surface area is 140 Å². The average Bonchev–Trinajstić information content (AvgIpc) is 3.38. The van der Waals surface area contributed by atoms with E-state index in [9.17, 15) is 14.9 Å². The van der Waals surface area contributed by atoms with Gasteiger partial charge in [-0.3, -0.25) is 14.9 Å². The van der Waals surface area contributed by atoms with Crippen molar-refractivity contribution in [3.05, 3.63) is 28.3 Å². The molecule has 2 atom stereocenters. The summed E-state index contributed by atoms with van der Waals surface area (Å²) in [6.07, 6.45) is 5.92. The molecule has 1 aromatic rings. The second-order valence-electron chi connectivity index (χ2n) is 6.63. The van der Waals surface area contributed by atoms with Crippen molar-refractivity contribution in [3.63, 3.8) is 0 Å². The molecule has 0 radical (unpaired) electrons. The third-order valence-corrected chi connectivity index (χ3v) is 4.72. The molecule has 1 amide bonds. The first-order valence-corrected chi connectivity index (χ1v) is 8.46. The van der Waals surface area contributed by atoms with E-state index >= 15 is 0 Å². The van der Waals surface area contributed by atoms with Gasteiger partial charge in [-0.05, 0) is 38.2 Å². The summed E-state index contributed by atoms with van der Waals surface area (Å²) in [4.78, 5) is 22.7. The predicted octanol–water partition coefficient (Wildman–Crippen LogP) is 2.85. The molecule has 2 saturated carbocycles. The largest absolute Gasteiger partial charge is 0.490 e. The molecule has 0 heterocycles. The number of hydrogen-bond donors (Lipinski definition) is 2. The maximum absolute atomic E-state index is 12.2. The smallest absolute Gasteiger partial charge is 0.311 e. The number of rotatable bonds is 6. The van der Waals surface area contributed by atoms with Gasteiger partial charge in [0.05, 0.1) is 12.0 Å². The van der Waals surface area contributed by atoms with Crippen LogP contribution in [0.1, 0.15) is 38.5 Å². The Morgan fingerprint density at radius 1 is 1.25 bits per heavy atom. The highest BCUT2D eigenvalue weighted by Gasteiger charge is 2.31. The molecule has 0 spiro atoms. The molecule has 2 fully saturated rings. The molecule has 2 aliphatic rings. The van der Waals surface area contributed by atoms with Crippen LogP contribution >= 0.6 is 0 Å². The summed E-state index contributed by atoms with van der Waals surface area (Å²) in [7, 11) is 1.42. The highest BCUT2D eigenvalue weighted by Crippen LogP contribution is 2.32. The van der Waals surface area contributed by atoms with E-state index in [1.807, 2.05) is 0 Å². The van der Waals surface area contributed by atoms with Crippen LogP contribution in [0.15, 0.2) is 18.2 Å². The van der Waals surface area contributed by atoms with Gasteiger partial charge in [-0.15, -0.1) is 0 Å². The Bertz CT molecular complexity index is 630. The number of hydrogen-bond acceptors (Lipinski definition) is 5. The molecule has 2 aliphatic carbocycles. The lowest BCUT2D eigenvalue weighted by Crippen LogP contribution is -2.38. The highest BCUT2D eigenvalue weighted by atomic mass is 16.6. The molecule has 7 nitrogen and oxygen atoms in total. The first-order valence-electron chi connectivity index (χ1n) is 8.46.